The maximum absolute atomic E-state index is 13.5. The van der Waals surface area contributed by atoms with Crippen molar-refractivity contribution in [3.05, 3.63) is 63.6 Å². The molecule has 2 aromatic rings. The molecule has 0 bridgehead atoms. The first-order valence-electron chi connectivity index (χ1n) is 13.4. The van der Waals surface area contributed by atoms with E-state index in [9.17, 15) is 31.1 Å². The molecule has 0 unspecified atom stereocenters. The molecular formula is C29H31F6N3O3S. The summed E-state index contributed by atoms with van der Waals surface area (Å²) in [4.78, 5) is 21.9. The number of ether oxygens (including phenoxy) is 2. The number of amides is 1. The molecule has 0 radical (unpaired) electrons. The summed E-state index contributed by atoms with van der Waals surface area (Å²) in [6.07, 6.45) is -6.09. The average molecular weight is 616 g/mol. The van der Waals surface area contributed by atoms with E-state index in [1.165, 1.54) is 24.9 Å². The minimum absolute atomic E-state index is 0.0742. The maximum atomic E-state index is 13.5. The number of amidine groups is 1. The molecule has 0 N–H and O–H groups in total. The lowest BCUT2D eigenvalue weighted by atomic mass is 10.0. The number of carbonyl (C=O) groups is 1. The molecule has 1 saturated heterocycles. The van der Waals surface area contributed by atoms with Crippen LogP contribution < -0.4 is 9.47 Å². The molecule has 4 rings (SSSR count). The Labute approximate surface area is 244 Å². The van der Waals surface area contributed by atoms with Gasteiger partial charge in [-0.15, -0.1) is 0 Å². The monoisotopic (exact) mass is 615 g/mol. The molecule has 1 amide bonds. The standard InChI is InChI=1S/C29H31F6N3O3S/c1-4-21(5-2)37-10-12-38(13-11-37)27-36-26(39)25(42-27)15-18-6-9-23(24(14-18)40-3)41-17-19-7-8-20(28(30,31)32)16-22(19)29(33,34)35/h6-9,14-16,21H,4-5,10-13,17H2,1-3H3/b25-15-. The highest BCUT2D eigenvalue weighted by Gasteiger charge is 2.38. The average Bonchev–Trinajstić information content (AvgIpc) is 3.31. The number of halogens is 6. The van der Waals surface area contributed by atoms with E-state index in [0.29, 0.717) is 27.7 Å². The van der Waals surface area contributed by atoms with Crippen LogP contribution in [0.15, 0.2) is 46.3 Å². The minimum Gasteiger partial charge on any atom is -0.493 e. The lowest BCUT2D eigenvalue weighted by Crippen LogP contribution is -2.51. The predicted molar refractivity (Wildman–Crippen MR) is 149 cm³/mol. The normalized spacial score (nSPS) is 17.8. The Hall–Kier alpha value is -3.19. The Morgan fingerprint density at radius 1 is 0.952 bits per heavy atom. The highest BCUT2D eigenvalue weighted by molar-refractivity contribution is 8.18. The highest BCUT2D eigenvalue weighted by atomic mass is 32.2. The number of thioether (sulfide) groups is 1. The van der Waals surface area contributed by atoms with Crippen LogP contribution in [0, 0.1) is 0 Å². The third-order valence-corrected chi connectivity index (χ3v) is 8.31. The molecule has 0 spiro atoms. The molecular weight excluding hydrogens is 584 g/mol. The summed E-state index contributed by atoms with van der Waals surface area (Å²) in [5.41, 5.74) is -2.70. The molecule has 228 valence electrons. The first-order valence-corrected chi connectivity index (χ1v) is 14.2. The summed E-state index contributed by atoms with van der Waals surface area (Å²) < 4.78 is 90.3. The van der Waals surface area contributed by atoms with Gasteiger partial charge in [-0.2, -0.15) is 31.3 Å². The fourth-order valence-corrected chi connectivity index (χ4v) is 5.92. The third kappa shape index (κ3) is 7.41. The lowest BCUT2D eigenvalue weighted by Gasteiger charge is -2.39. The first-order chi connectivity index (χ1) is 19.8. The molecule has 42 heavy (non-hydrogen) atoms. The Bertz CT molecular complexity index is 1350. The van der Waals surface area contributed by atoms with E-state index < -0.39 is 35.6 Å². The summed E-state index contributed by atoms with van der Waals surface area (Å²) in [5.74, 6) is -0.0945. The summed E-state index contributed by atoms with van der Waals surface area (Å²) in [5, 5.41) is 0.652. The van der Waals surface area contributed by atoms with Gasteiger partial charge in [-0.1, -0.05) is 26.0 Å². The molecule has 13 heteroatoms. The second kappa shape index (κ2) is 13.0. The summed E-state index contributed by atoms with van der Waals surface area (Å²) >= 11 is 1.28. The molecule has 0 aromatic heterocycles. The molecule has 1 fully saturated rings. The van der Waals surface area contributed by atoms with Crippen molar-refractivity contribution in [3.63, 3.8) is 0 Å². The third-order valence-electron chi connectivity index (χ3n) is 7.26. The van der Waals surface area contributed by atoms with Gasteiger partial charge in [0.1, 0.15) is 6.61 Å². The second-order valence-electron chi connectivity index (χ2n) is 9.87. The van der Waals surface area contributed by atoms with Crippen LogP contribution in [0.4, 0.5) is 26.3 Å². The summed E-state index contributed by atoms with van der Waals surface area (Å²) in [6, 6.07) is 6.58. The zero-order chi connectivity index (χ0) is 30.7. The number of alkyl halides is 6. The van der Waals surface area contributed by atoms with Gasteiger partial charge in [0.15, 0.2) is 16.7 Å². The number of hydrogen-bond donors (Lipinski definition) is 0. The fraction of sp³-hybridized carbons (Fsp3) is 0.448. The van der Waals surface area contributed by atoms with Crippen molar-refractivity contribution in [2.75, 3.05) is 33.3 Å². The van der Waals surface area contributed by atoms with E-state index in [4.69, 9.17) is 9.47 Å². The zero-order valence-electron chi connectivity index (χ0n) is 23.3. The maximum Gasteiger partial charge on any atom is 0.416 e. The molecule has 0 aliphatic carbocycles. The molecule has 2 aliphatic rings. The number of nitrogens with zero attached hydrogens (tertiary/aromatic N) is 3. The van der Waals surface area contributed by atoms with E-state index in [0.717, 1.165) is 45.1 Å². The van der Waals surface area contributed by atoms with Crippen LogP contribution in [-0.2, 0) is 23.8 Å². The van der Waals surface area contributed by atoms with Crippen molar-refractivity contribution in [1.82, 2.24) is 9.80 Å². The van der Waals surface area contributed by atoms with Crippen LogP contribution >= 0.6 is 11.8 Å². The SMILES string of the molecule is CCC(CC)N1CCN(C2=NC(=O)/C(=C/c3ccc(OCc4ccc(C(F)(F)F)cc4C(F)(F)F)c(OC)c3)S2)CC1. The van der Waals surface area contributed by atoms with Gasteiger partial charge in [-0.3, -0.25) is 9.69 Å². The Morgan fingerprint density at radius 2 is 1.64 bits per heavy atom. The van der Waals surface area contributed by atoms with Crippen molar-refractivity contribution in [2.24, 2.45) is 4.99 Å². The van der Waals surface area contributed by atoms with Gasteiger partial charge >= 0.3 is 12.4 Å². The number of aliphatic imine (C=N–C) groups is 1. The predicted octanol–water partition coefficient (Wildman–Crippen LogP) is 7.09. The van der Waals surface area contributed by atoms with Crippen molar-refractivity contribution < 1.29 is 40.6 Å². The largest absolute Gasteiger partial charge is 0.493 e. The number of rotatable bonds is 8. The second-order valence-corrected chi connectivity index (χ2v) is 10.9. The number of carbonyl (C=O) groups excluding carboxylic acids is 1. The van der Waals surface area contributed by atoms with Crippen LogP contribution in [0.5, 0.6) is 11.5 Å². The zero-order valence-corrected chi connectivity index (χ0v) is 24.1. The molecule has 0 saturated carbocycles. The number of benzene rings is 2. The van der Waals surface area contributed by atoms with Crippen molar-refractivity contribution >= 4 is 28.9 Å². The van der Waals surface area contributed by atoms with Gasteiger partial charge < -0.3 is 14.4 Å². The van der Waals surface area contributed by atoms with Gasteiger partial charge in [0.25, 0.3) is 5.91 Å². The van der Waals surface area contributed by atoms with Crippen LogP contribution in [0.1, 0.15) is 48.9 Å². The highest BCUT2D eigenvalue weighted by Crippen LogP contribution is 2.39. The summed E-state index contributed by atoms with van der Waals surface area (Å²) in [7, 11) is 1.34. The smallest absolute Gasteiger partial charge is 0.416 e. The van der Waals surface area contributed by atoms with Crippen LogP contribution in [0.25, 0.3) is 6.08 Å². The van der Waals surface area contributed by atoms with Crippen molar-refractivity contribution in [1.29, 1.82) is 0 Å². The van der Waals surface area contributed by atoms with Gasteiger partial charge in [-0.05, 0) is 60.5 Å². The Kier molecular flexibility index (Phi) is 9.81. The molecule has 2 aliphatic heterocycles. The van der Waals surface area contributed by atoms with Gasteiger partial charge in [-0.25, -0.2) is 0 Å². The van der Waals surface area contributed by atoms with E-state index >= 15 is 0 Å². The lowest BCUT2D eigenvalue weighted by molar-refractivity contribution is -0.143. The topological polar surface area (TPSA) is 54.4 Å². The van der Waals surface area contributed by atoms with E-state index in [2.05, 4.69) is 28.6 Å². The number of methoxy groups -OCH3 is 1. The van der Waals surface area contributed by atoms with E-state index in [1.54, 1.807) is 18.2 Å². The molecule has 6 nitrogen and oxygen atoms in total. The Balaban J connectivity index is 1.44. The van der Waals surface area contributed by atoms with Crippen molar-refractivity contribution in [3.8, 4) is 11.5 Å². The van der Waals surface area contributed by atoms with E-state index in [1.807, 2.05) is 0 Å². The van der Waals surface area contributed by atoms with Crippen molar-refractivity contribution in [2.45, 2.75) is 51.7 Å². The quantitative estimate of drug-likeness (QED) is 0.234. The van der Waals surface area contributed by atoms with Gasteiger partial charge in [0, 0.05) is 37.8 Å². The van der Waals surface area contributed by atoms with Gasteiger partial charge in [0.2, 0.25) is 0 Å². The molecule has 2 aromatic carbocycles. The fourth-order valence-electron chi connectivity index (χ4n) is 4.96. The first kappa shape index (κ1) is 31.7. The number of piperazine rings is 1. The Morgan fingerprint density at radius 3 is 2.24 bits per heavy atom. The van der Waals surface area contributed by atoms with Crippen LogP contribution in [0.2, 0.25) is 0 Å². The van der Waals surface area contributed by atoms with Gasteiger partial charge in [0.05, 0.1) is 23.1 Å². The summed E-state index contributed by atoms with van der Waals surface area (Å²) in [6.45, 7) is 7.08. The van der Waals surface area contributed by atoms with E-state index in [-0.39, 0.29) is 23.5 Å². The van der Waals surface area contributed by atoms with Crippen LogP contribution in [0.3, 0.4) is 0 Å². The number of hydrogen-bond acceptors (Lipinski definition) is 6. The molecule has 0 atom stereocenters. The van der Waals surface area contributed by atoms with Crippen LogP contribution in [-0.4, -0.2) is 60.2 Å². The molecule has 2 heterocycles. The minimum atomic E-state index is -5.01.